The Morgan fingerprint density at radius 2 is 2.13 bits per heavy atom. The van der Waals surface area contributed by atoms with E-state index in [0.717, 1.165) is 15.7 Å². The second-order valence-corrected chi connectivity index (χ2v) is 4.56. The number of benzene rings is 1. The van der Waals surface area contributed by atoms with E-state index in [1.54, 1.807) is 0 Å². The first-order valence-corrected chi connectivity index (χ1v) is 5.60. The number of anilines is 1. The molecule has 1 atom stereocenters. The molecule has 2 N–H and O–H groups in total. The first-order valence-electron chi connectivity index (χ1n) is 4.80. The van der Waals surface area contributed by atoms with Crippen molar-refractivity contribution in [1.82, 2.24) is 0 Å². The molecule has 4 heteroatoms. The van der Waals surface area contributed by atoms with Crippen molar-refractivity contribution in [3.8, 4) is 0 Å². The van der Waals surface area contributed by atoms with Crippen molar-refractivity contribution in [3.63, 3.8) is 0 Å². The summed E-state index contributed by atoms with van der Waals surface area (Å²) >= 11 is 3.41. The smallest absolute Gasteiger partial charge is 0.0945 e. The predicted octanol–water partition coefficient (Wildman–Crippen LogP) is 1.55. The van der Waals surface area contributed by atoms with E-state index in [-0.39, 0.29) is 6.61 Å². The van der Waals surface area contributed by atoms with Gasteiger partial charge in [0.25, 0.3) is 0 Å². The lowest BCUT2D eigenvalue weighted by Gasteiger charge is -2.23. The molecule has 3 nitrogen and oxygen atoms in total. The molecule has 0 saturated heterocycles. The molecule has 1 aromatic rings. The Morgan fingerprint density at radius 3 is 2.73 bits per heavy atom. The summed E-state index contributed by atoms with van der Waals surface area (Å²) in [4.78, 5) is 1.93. The average molecular weight is 274 g/mol. The van der Waals surface area contributed by atoms with E-state index in [4.69, 9.17) is 5.11 Å². The van der Waals surface area contributed by atoms with Gasteiger partial charge in [0.15, 0.2) is 0 Å². The van der Waals surface area contributed by atoms with Gasteiger partial charge in [-0.3, -0.25) is 0 Å². The van der Waals surface area contributed by atoms with E-state index in [2.05, 4.69) is 15.9 Å². The molecular weight excluding hydrogens is 258 g/mol. The summed E-state index contributed by atoms with van der Waals surface area (Å²) in [7, 11) is 1.90. The number of aliphatic hydroxyl groups excluding tert-OH is 2. The van der Waals surface area contributed by atoms with Crippen LogP contribution in [0.25, 0.3) is 0 Å². The van der Waals surface area contributed by atoms with Gasteiger partial charge in [0, 0.05) is 23.8 Å². The number of nitrogens with zero attached hydrogens (tertiary/aromatic N) is 1. The lowest BCUT2D eigenvalue weighted by atomic mass is 10.2. The van der Waals surface area contributed by atoms with Crippen LogP contribution in [0, 0.1) is 6.92 Å². The minimum atomic E-state index is -0.701. The monoisotopic (exact) mass is 273 g/mol. The topological polar surface area (TPSA) is 43.7 Å². The Balaban J connectivity index is 2.80. The maximum atomic E-state index is 9.35. The van der Waals surface area contributed by atoms with E-state index >= 15 is 0 Å². The van der Waals surface area contributed by atoms with Gasteiger partial charge in [0.1, 0.15) is 0 Å². The number of hydrogen-bond acceptors (Lipinski definition) is 3. The van der Waals surface area contributed by atoms with Crippen molar-refractivity contribution >= 4 is 21.6 Å². The van der Waals surface area contributed by atoms with Crippen LogP contribution in [0.2, 0.25) is 0 Å². The number of aliphatic hydroxyl groups is 2. The number of rotatable bonds is 4. The van der Waals surface area contributed by atoms with E-state index < -0.39 is 6.10 Å². The van der Waals surface area contributed by atoms with Crippen molar-refractivity contribution in [3.05, 3.63) is 28.2 Å². The molecule has 15 heavy (non-hydrogen) atoms. The third-order valence-electron chi connectivity index (χ3n) is 2.28. The molecule has 1 aromatic carbocycles. The fourth-order valence-electron chi connectivity index (χ4n) is 1.47. The van der Waals surface area contributed by atoms with Crippen LogP contribution in [0.4, 0.5) is 5.69 Å². The summed E-state index contributed by atoms with van der Waals surface area (Å²) < 4.78 is 1.01. The molecule has 0 aliphatic heterocycles. The van der Waals surface area contributed by atoms with Crippen molar-refractivity contribution in [2.75, 3.05) is 25.1 Å². The van der Waals surface area contributed by atoms with Crippen LogP contribution in [0.5, 0.6) is 0 Å². The SMILES string of the molecule is Cc1ccc(Br)cc1N(C)CC(O)CO. The fourth-order valence-corrected chi connectivity index (χ4v) is 1.82. The van der Waals surface area contributed by atoms with Gasteiger partial charge >= 0.3 is 0 Å². The number of halogens is 1. The van der Waals surface area contributed by atoms with Gasteiger partial charge in [-0.2, -0.15) is 0 Å². The highest BCUT2D eigenvalue weighted by atomic mass is 79.9. The van der Waals surface area contributed by atoms with Gasteiger partial charge in [-0.05, 0) is 24.6 Å². The molecule has 1 rings (SSSR count). The number of likely N-dealkylation sites (N-methyl/N-ethyl adjacent to an activating group) is 1. The Kier molecular flexibility index (Phi) is 4.57. The molecule has 0 spiro atoms. The normalized spacial score (nSPS) is 12.6. The molecule has 0 saturated carbocycles. The Hall–Kier alpha value is -0.580. The summed E-state index contributed by atoms with van der Waals surface area (Å²) in [6, 6.07) is 6.00. The zero-order chi connectivity index (χ0) is 11.4. The molecule has 84 valence electrons. The molecule has 0 bridgehead atoms. The van der Waals surface area contributed by atoms with Gasteiger partial charge in [-0.15, -0.1) is 0 Å². The summed E-state index contributed by atoms with van der Waals surface area (Å²) in [5.41, 5.74) is 2.20. The zero-order valence-corrected chi connectivity index (χ0v) is 10.5. The van der Waals surface area contributed by atoms with E-state index in [1.807, 2.05) is 37.1 Å². The van der Waals surface area contributed by atoms with Crippen LogP contribution in [0.15, 0.2) is 22.7 Å². The van der Waals surface area contributed by atoms with E-state index in [0.29, 0.717) is 6.54 Å². The lowest BCUT2D eigenvalue weighted by molar-refractivity contribution is 0.101. The van der Waals surface area contributed by atoms with Crippen LogP contribution >= 0.6 is 15.9 Å². The summed E-state index contributed by atoms with van der Waals surface area (Å²) in [6.45, 7) is 2.23. The van der Waals surface area contributed by atoms with E-state index in [1.165, 1.54) is 0 Å². The molecule has 0 fully saturated rings. The predicted molar refractivity (Wildman–Crippen MR) is 65.2 cm³/mol. The number of hydrogen-bond donors (Lipinski definition) is 2. The molecule has 0 aliphatic carbocycles. The molecule has 0 radical (unpaired) electrons. The lowest BCUT2D eigenvalue weighted by Crippen LogP contribution is -2.31. The third kappa shape index (κ3) is 3.48. The Labute approximate surface area is 98.5 Å². The van der Waals surface area contributed by atoms with Crippen LogP contribution < -0.4 is 4.90 Å². The molecule has 0 aliphatic rings. The second-order valence-electron chi connectivity index (χ2n) is 3.65. The molecule has 0 amide bonds. The minimum absolute atomic E-state index is 0.211. The van der Waals surface area contributed by atoms with Gasteiger partial charge in [0.2, 0.25) is 0 Å². The van der Waals surface area contributed by atoms with Crippen LogP contribution in [-0.2, 0) is 0 Å². The third-order valence-corrected chi connectivity index (χ3v) is 2.77. The Morgan fingerprint density at radius 1 is 1.47 bits per heavy atom. The summed E-state index contributed by atoms with van der Waals surface area (Å²) in [6.07, 6.45) is -0.701. The summed E-state index contributed by atoms with van der Waals surface area (Å²) in [5, 5.41) is 18.1. The standard InChI is InChI=1S/C11H16BrNO2/c1-8-3-4-9(12)5-11(8)13(2)6-10(15)7-14/h3-5,10,14-15H,6-7H2,1-2H3. The van der Waals surface area contributed by atoms with Gasteiger partial charge < -0.3 is 15.1 Å². The molecular formula is C11H16BrNO2. The van der Waals surface area contributed by atoms with Crippen molar-refractivity contribution in [1.29, 1.82) is 0 Å². The zero-order valence-electron chi connectivity index (χ0n) is 8.94. The maximum absolute atomic E-state index is 9.35. The van der Waals surface area contributed by atoms with Gasteiger partial charge in [-0.25, -0.2) is 0 Å². The van der Waals surface area contributed by atoms with Crippen molar-refractivity contribution in [2.24, 2.45) is 0 Å². The Bertz CT molecular complexity index is 330. The van der Waals surface area contributed by atoms with Crippen LogP contribution in [0.3, 0.4) is 0 Å². The first kappa shape index (κ1) is 12.5. The van der Waals surface area contributed by atoms with Crippen molar-refractivity contribution < 1.29 is 10.2 Å². The van der Waals surface area contributed by atoms with Gasteiger partial charge in [-0.1, -0.05) is 22.0 Å². The van der Waals surface area contributed by atoms with Crippen LogP contribution in [0.1, 0.15) is 5.56 Å². The number of aryl methyl sites for hydroxylation is 1. The van der Waals surface area contributed by atoms with Gasteiger partial charge in [0.05, 0.1) is 12.7 Å². The second kappa shape index (κ2) is 5.49. The van der Waals surface area contributed by atoms with E-state index in [9.17, 15) is 5.11 Å². The minimum Gasteiger partial charge on any atom is -0.394 e. The van der Waals surface area contributed by atoms with Crippen molar-refractivity contribution in [2.45, 2.75) is 13.0 Å². The van der Waals surface area contributed by atoms with Crippen LogP contribution in [-0.4, -0.2) is 36.5 Å². The maximum Gasteiger partial charge on any atom is 0.0945 e. The first-order chi connectivity index (χ1) is 7.04. The summed E-state index contributed by atoms with van der Waals surface area (Å²) in [5.74, 6) is 0. The highest BCUT2D eigenvalue weighted by Gasteiger charge is 2.09. The largest absolute Gasteiger partial charge is 0.394 e. The highest BCUT2D eigenvalue weighted by Crippen LogP contribution is 2.23. The highest BCUT2D eigenvalue weighted by molar-refractivity contribution is 9.10. The average Bonchev–Trinajstić information content (AvgIpc) is 2.21. The molecule has 0 heterocycles. The molecule has 1 unspecified atom stereocenters. The fraction of sp³-hybridized carbons (Fsp3) is 0.455. The quantitative estimate of drug-likeness (QED) is 0.875. The molecule has 0 aromatic heterocycles.